The number of rotatable bonds is 6. The molecule has 0 saturated heterocycles. The van der Waals surface area contributed by atoms with Gasteiger partial charge in [-0.2, -0.15) is 0 Å². The standard InChI is InChI=1S/C20H23F2NO3S.C2H6/c1-10-4-11(2)18(25)13(16(10)21)6-20(8-23,9-24)7-14-17(22)15(27)5-12(3)19(14)26;1-2/h4-5,9,25-27H,6-8,23H2,1-3H3;1-2H3. The zero-order chi connectivity index (χ0) is 22.5. The van der Waals surface area contributed by atoms with E-state index in [0.717, 1.165) is 0 Å². The van der Waals surface area contributed by atoms with E-state index in [1.54, 1.807) is 20.8 Å². The number of aromatic hydroxyl groups is 2. The number of carbonyl (C=O) groups excluding carboxylic acids is 1. The Kier molecular flexibility index (Phi) is 8.65. The maximum Gasteiger partial charge on any atom is 0.143 e. The number of nitrogens with two attached hydrogens (primary N) is 1. The van der Waals surface area contributed by atoms with Crippen molar-refractivity contribution in [3.63, 3.8) is 0 Å². The molecule has 160 valence electrons. The van der Waals surface area contributed by atoms with Crippen LogP contribution in [0, 0.1) is 37.8 Å². The number of benzene rings is 2. The van der Waals surface area contributed by atoms with Crippen molar-refractivity contribution in [3.8, 4) is 11.5 Å². The van der Waals surface area contributed by atoms with E-state index in [1.807, 2.05) is 13.8 Å². The SMILES string of the molecule is CC.Cc1cc(C)c(F)c(CC(C=O)(CN)Cc2c(O)c(C)cc(S)c2F)c1O. The lowest BCUT2D eigenvalue weighted by molar-refractivity contribution is -0.115. The van der Waals surface area contributed by atoms with Crippen molar-refractivity contribution in [1.29, 1.82) is 0 Å². The first-order valence-electron chi connectivity index (χ1n) is 9.40. The predicted molar refractivity (Wildman–Crippen MR) is 114 cm³/mol. The normalized spacial score (nSPS) is 12.7. The molecular formula is C22H29F2NO3S. The van der Waals surface area contributed by atoms with Crippen LogP contribution in [0.4, 0.5) is 8.78 Å². The number of carbonyl (C=O) groups is 1. The van der Waals surface area contributed by atoms with Crippen LogP contribution in [0.5, 0.6) is 11.5 Å². The zero-order valence-corrected chi connectivity index (χ0v) is 18.3. The van der Waals surface area contributed by atoms with E-state index in [1.165, 1.54) is 12.1 Å². The first-order valence-corrected chi connectivity index (χ1v) is 9.85. The van der Waals surface area contributed by atoms with Crippen molar-refractivity contribution < 1.29 is 23.8 Å². The molecule has 0 fully saturated rings. The van der Waals surface area contributed by atoms with Crippen LogP contribution < -0.4 is 5.73 Å². The largest absolute Gasteiger partial charge is 0.507 e. The summed E-state index contributed by atoms with van der Waals surface area (Å²) in [5.74, 6) is -1.95. The number of thiol groups is 1. The molecule has 0 saturated carbocycles. The van der Waals surface area contributed by atoms with Gasteiger partial charge in [0.1, 0.15) is 29.4 Å². The minimum Gasteiger partial charge on any atom is -0.507 e. The average molecular weight is 426 g/mol. The molecule has 7 heteroatoms. The molecule has 0 aliphatic heterocycles. The molecule has 0 spiro atoms. The number of halogens is 2. The maximum atomic E-state index is 14.6. The molecule has 0 bridgehead atoms. The van der Waals surface area contributed by atoms with Crippen LogP contribution in [0.15, 0.2) is 17.0 Å². The maximum absolute atomic E-state index is 14.6. The van der Waals surface area contributed by atoms with E-state index in [0.29, 0.717) is 23.0 Å². The Morgan fingerprint density at radius 1 is 0.966 bits per heavy atom. The van der Waals surface area contributed by atoms with E-state index in [4.69, 9.17) is 5.73 Å². The van der Waals surface area contributed by atoms with Crippen LogP contribution in [0.2, 0.25) is 0 Å². The summed E-state index contributed by atoms with van der Waals surface area (Å²) in [5, 5.41) is 20.6. The molecule has 4 N–H and O–H groups in total. The molecule has 0 amide bonds. The summed E-state index contributed by atoms with van der Waals surface area (Å²) in [5.41, 5.74) is 5.41. The Morgan fingerprint density at radius 3 is 1.86 bits per heavy atom. The molecule has 2 aromatic carbocycles. The third-order valence-corrected chi connectivity index (χ3v) is 5.25. The summed E-state index contributed by atoms with van der Waals surface area (Å²) in [4.78, 5) is 12.0. The van der Waals surface area contributed by atoms with Gasteiger partial charge in [0, 0.05) is 28.0 Å². The van der Waals surface area contributed by atoms with Gasteiger partial charge in [-0.05, 0) is 62.4 Å². The van der Waals surface area contributed by atoms with Gasteiger partial charge in [0.25, 0.3) is 0 Å². The molecule has 2 rings (SSSR count). The number of hydrogen-bond acceptors (Lipinski definition) is 5. The van der Waals surface area contributed by atoms with Crippen LogP contribution >= 0.6 is 12.6 Å². The Bertz CT molecular complexity index is 783. The summed E-state index contributed by atoms with van der Waals surface area (Å²) in [7, 11) is 0. The highest BCUT2D eigenvalue weighted by Gasteiger charge is 2.34. The second-order valence-corrected chi connectivity index (χ2v) is 7.52. The Labute approximate surface area is 176 Å². The lowest BCUT2D eigenvalue weighted by atomic mass is 9.76. The highest BCUT2D eigenvalue weighted by Crippen LogP contribution is 2.38. The molecule has 4 nitrogen and oxygen atoms in total. The fourth-order valence-electron chi connectivity index (χ4n) is 3.23. The van der Waals surface area contributed by atoms with Gasteiger partial charge in [0.2, 0.25) is 0 Å². The number of phenols is 2. The number of phenolic OH excluding ortho intramolecular Hbond substituents is 2. The van der Waals surface area contributed by atoms with Gasteiger partial charge in [-0.1, -0.05) is 13.8 Å². The Hall–Kier alpha value is -2.12. The van der Waals surface area contributed by atoms with Gasteiger partial charge >= 0.3 is 0 Å². The highest BCUT2D eigenvalue weighted by atomic mass is 32.1. The lowest BCUT2D eigenvalue weighted by Gasteiger charge is -2.28. The fraction of sp³-hybridized carbons (Fsp3) is 0.409. The molecule has 1 unspecified atom stereocenters. The first kappa shape index (κ1) is 24.9. The van der Waals surface area contributed by atoms with E-state index in [-0.39, 0.29) is 46.9 Å². The molecule has 0 heterocycles. The van der Waals surface area contributed by atoms with Gasteiger partial charge in [-0.15, -0.1) is 12.6 Å². The minimum atomic E-state index is -1.41. The van der Waals surface area contributed by atoms with Crippen LogP contribution in [0.25, 0.3) is 0 Å². The third kappa shape index (κ3) is 5.08. The fourth-order valence-corrected chi connectivity index (χ4v) is 3.56. The van der Waals surface area contributed by atoms with Gasteiger partial charge in [0.15, 0.2) is 0 Å². The highest BCUT2D eigenvalue weighted by molar-refractivity contribution is 7.80. The predicted octanol–water partition coefficient (Wildman–Crippen LogP) is 4.55. The Balaban J connectivity index is 0.00000204. The van der Waals surface area contributed by atoms with Crippen LogP contribution in [0.3, 0.4) is 0 Å². The van der Waals surface area contributed by atoms with Crippen molar-refractivity contribution in [2.75, 3.05) is 6.54 Å². The molecule has 0 aromatic heterocycles. The van der Waals surface area contributed by atoms with E-state index in [9.17, 15) is 23.8 Å². The minimum absolute atomic E-state index is 0.0255. The average Bonchev–Trinajstić information content (AvgIpc) is 2.71. The van der Waals surface area contributed by atoms with E-state index < -0.39 is 17.0 Å². The van der Waals surface area contributed by atoms with Crippen LogP contribution in [-0.2, 0) is 17.6 Å². The summed E-state index contributed by atoms with van der Waals surface area (Å²) < 4.78 is 29.2. The number of hydrogen-bond donors (Lipinski definition) is 4. The van der Waals surface area contributed by atoms with Crippen LogP contribution in [0.1, 0.15) is 41.7 Å². The van der Waals surface area contributed by atoms with Crippen molar-refractivity contribution in [2.24, 2.45) is 11.1 Å². The summed E-state index contributed by atoms with van der Waals surface area (Å²) in [6.07, 6.45) is 0.0383. The number of aryl methyl sites for hydroxylation is 3. The van der Waals surface area contributed by atoms with Gasteiger partial charge in [0.05, 0.1) is 0 Å². The van der Waals surface area contributed by atoms with Crippen molar-refractivity contribution in [2.45, 2.75) is 52.4 Å². The molecule has 0 aliphatic rings. The molecule has 1 atom stereocenters. The van der Waals surface area contributed by atoms with E-state index in [2.05, 4.69) is 12.6 Å². The van der Waals surface area contributed by atoms with E-state index >= 15 is 0 Å². The molecule has 29 heavy (non-hydrogen) atoms. The molecule has 0 aliphatic carbocycles. The zero-order valence-electron chi connectivity index (χ0n) is 17.4. The molecule has 0 radical (unpaired) electrons. The smallest absolute Gasteiger partial charge is 0.143 e. The Morgan fingerprint density at radius 2 is 1.41 bits per heavy atom. The van der Waals surface area contributed by atoms with Gasteiger partial charge < -0.3 is 20.7 Å². The van der Waals surface area contributed by atoms with Gasteiger partial charge in [-0.25, -0.2) is 8.78 Å². The van der Waals surface area contributed by atoms with Crippen molar-refractivity contribution in [1.82, 2.24) is 0 Å². The summed E-state index contributed by atoms with van der Waals surface area (Å²) in [6.45, 7) is 8.53. The molecular weight excluding hydrogens is 396 g/mol. The number of aldehydes is 1. The van der Waals surface area contributed by atoms with Crippen LogP contribution in [-0.4, -0.2) is 23.0 Å². The van der Waals surface area contributed by atoms with Crippen molar-refractivity contribution in [3.05, 3.63) is 51.6 Å². The third-order valence-electron chi connectivity index (χ3n) is 4.92. The van der Waals surface area contributed by atoms with Gasteiger partial charge in [-0.3, -0.25) is 0 Å². The van der Waals surface area contributed by atoms with Crippen molar-refractivity contribution >= 4 is 18.9 Å². The first-order chi connectivity index (χ1) is 13.6. The lowest BCUT2D eigenvalue weighted by Crippen LogP contribution is -2.37. The summed E-state index contributed by atoms with van der Waals surface area (Å²) >= 11 is 4.05. The second kappa shape index (κ2) is 10.1. The quantitative estimate of drug-likeness (QED) is 0.404. The molecule has 2 aromatic rings. The monoisotopic (exact) mass is 425 g/mol. The topological polar surface area (TPSA) is 83.6 Å². The summed E-state index contributed by atoms with van der Waals surface area (Å²) in [6, 6.07) is 2.87. The second-order valence-electron chi connectivity index (χ2n) is 7.04.